The number of likely N-dealkylation sites (tertiary alicyclic amines) is 1. The van der Waals surface area contributed by atoms with E-state index in [1.54, 1.807) is 4.90 Å². The first kappa shape index (κ1) is 24.7. The standard InChI is InChI=1S/C23H36N4O4/c1-23(2,3)31-22(30)26-14-8-7-13-25-20(28)19-12-9-15-27(19)21(29)18(24)16-17-10-5-4-6-11-17/h4-6,10-11,18-19H,7-9,12-16,24H2,1-3H3,(H,25,28)(H,26,30)/t18-,19+/m1/s1. The van der Waals surface area contributed by atoms with Crippen molar-refractivity contribution in [3.8, 4) is 0 Å². The van der Waals surface area contributed by atoms with Gasteiger partial charge in [-0.2, -0.15) is 0 Å². The van der Waals surface area contributed by atoms with Gasteiger partial charge in [0, 0.05) is 19.6 Å². The van der Waals surface area contributed by atoms with Gasteiger partial charge in [0.25, 0.3) is 0 Å². The number of nitrogens with zero attached hydrogens (tertiary/aromatic N) is 1. The average molecular weight is 433 g/mol. The Labute approximate surface area is 184 Å². The van der Waals surface area contributed by atoms with Crippen molar-refractivity contribution in [2.75, 3.05) is 19.6 Å². The Balaban J connectivity index is 1.70. The number of hydrogen-bond acceptors (Lipinski definition) is 5. The summed E-state index contributed by atoms with van der Waals surface area (Å²) in [6.07, 6.45) is 2.89. The minimum atomic E-state index is -0.658. The summed E-state index contributed by atoms with van der Waals surface area (Å²) in [5.41, 5.74) is 6.62. The highest BCUT2D eigenvalue weighted by Gasteiger charge is 2.35. The molecule has 1 saturated heterocycles. The fourth-order valence-electron chi connectivity index (χ4n) is 3.56. The lowest BCUT2D eigenvalue weighted by atomic mass is 10.1. The number of carbonyl (C=O) groups excluding carboxylic acids is 3. The summed E-state index contributed by atoms with van der Waals surface area (Å²) in [7, 11) is 0. The fourth-order valence-corrected chi connectivity index (χ4v) is 3.56. The van der Waals surface area contributed by atoms with Crippen LogP contribution in [0.5, 0.6) is 0 Å². The Hall–Kier alpha value is -2.61. The van der Waals surface area contributed by atoms with Crippen LogP contribution in [0.25, 0.3) is 0 Å². The smallest absolute Gasteiger partial charge is 0.407 e. The third-order valence-electron chi connectivity index (χ3n) is 5.03. The SMILES string of the molecule is CC(C)(C)OC(=O)NCCCCNC(=O)[C@@H]1CCCN1C(=O)[C@H](N)Cc1ccccc1. The average Bonchev–Trinajstić information content (AvgIpc) is 3.19. The molecular formula is C23H36N4O4. The molecule has 1 heterocycles. The summed E-state index contributed by atoms with van der Waals surface area (Å²) in [5, 5.41) is 5.60. The lowest BCUT2D eigenvalue weighted by Crippen LogP contribution is -2.51. The normalized spacial score (nSPS) is 17.2. The minimum Gasteiger partial charge on any atom is -0.444 e. The molecule has 1 aromatic carbocycles. The van der Waals surface area contributed by atoms with Crippen LogP contribution in [0.2, 0.25) is 0 Å². The van der Waals surface area contributed by atoms with Gasteiger partial charge in [-0.05, 0) is 58.4 Å². The molecule has 8 heteroatoms. The van der Waals surface area contributed by atoms with E-state index >= 15 is 0 Å². The lowest BCUT2D eigenvalue weighted by Gasteiger charge is -2.26. The second-order valence-corrected chi connectivity index (χ2v) is 8.91. The van der Waals surface area contributed by atoms with E-state index in [9.17, 15) is 14.4 Å². The molecule has 1 aliphatic heterocycles. The molecule has 0 spiro atoms. The molecule has 172 valence electrons. The van der Waals surface area contributed by atoms with E-state index in [2.05, 4.69) is 10.6 Å². The van der Waals surface area contributed by atoms with Crippen LogP contribution in [0.1, 0.15) is 52.0 Å². The molecular weight excluding hydrogens is 396 g/mol. The highest BCUT2D eigenvalue weighted by molar-refractivity contribution is 5.90. The zero-order valence-electron chi connectivity index (χ0n) is 18.9. The minimum absolute atomic E-state index is 0.141. The molecule has 2 rings (SSSR count). The molecule has 3 amide bonds. The summed E-state index contributed by atoms with van der Waals surface area (Å²) >= 11 is 0. The fraction of sp³-hybridized carbons (Fsp3) is 0.609. The summed E-state index contributed by atoms with van der Waals surface area (Å²) in [5.74, 6) is -0.319. The Kier molecular flexibility index (Phi) is 9.30. The third-order valence-corrected chi connectivity index (χ3v) is 5.03. The van der Waals surface area contributed by atoms with Crippen molar-refractivity contribution in [1.82, 2.24) is 15.5 Å². The van der Waals surface area contributed by atoms with E-state index in [0.29, 0.717) is 32.5 Å². The van der Waals surface area contributed by atoms with Crippen molar-refractivity contribution in [2.24, 2.45) is 5.73 Å². The topological polar surface area (TPSA) is 114 Å². The van der Waals surface area contributed by atoms with Crippen LogP contribution in [-0.2, 0) is 20.7 Å². The quantitative estimate of drug-likeness (QED) is 0.516. The van der Waals surface area contributed by atoms with Crippen LogP contribution in [0.15, 0.2) is 30.3 Å². The van der Waals surface area contributed by atoms with E-state index in [4.69, 9.17) is 10.5 Å². The maximum Gasteiger partial charge on any atom is 0.407 e. The van der Waals surface area contributed by atoms with Gasteiger partial charge in [0.1, 0.15) is 11.6 Å². The van der Waals surface area contributed by atoms with Gasteiger partial charge in [-0.25, -0.2) is 4.79 Å². The van der Waals surface area contributed by atoms with Gasteiger partial charge >= 0.3 is 6.09 Å². The Morgan fingerprint density at radius 1 is 1.13 bits per heavy atom. The van der Waals surface area contributed by atoms with Crippen molar-refractivity contribution in [3.63, 3.8) is 0 Å². The number of alkyl carbamates (subject to hydrolysis) is 1. The molecule has 31 heavy (non-hydrogen) atoms. The molecule has 0 saturated carbocycles. The highest BCUT2D eigenvalue weighted by Crippen LogP contribution is 2.19. The Morgan fingerprint density at radius 3 is 2.42 bits per heavy atom. The molecule has 0 radical (unpaired) electrons. The summed E-state index contributed by atoms with van der Waals surface area (Å²) in [4.78, 5) is 38.6. The van der Waals surface area contributed by atoms with Crippen LogP contribution >= 0.6 is 0 Å². The van der Waals surface area contributed by atoms with E-state index in [-0.39, 0.29) is 11.8 Å². The lowest BCUT2D eigenvalue weighted by molar-refractivity contribution is -0.139. The van der Waals surface area contributed by atoms with Gasteiger partial charge < -0.3 is 26.0 Å². The van der Waals surface area contributed by atoms with Crippen molar-refractivity contribution in [3.05, 3.63) is 35.9 Å². The monoisotopic (exact) mass is 432 g/mol. The van der Waals surface area contributed by atoms with Crippen LogP contribution in [0, 0.1) is 0 Å². The van der Waals surface area contributed by atoms with Gasteiger partial charge in [-0.3, -0.25) is 9.59 Å². The number of hydrogen-bond donors (Lipinski definition) is 3. The van der Waals surface area contributed by atoms with Crippen LogP contribution < -0.4 is 16.4 Å². The maximum atomic E-state index is 12.8. The van der Waals surface area contributed by atoms with Crippen LogP contribution in [0.4, 0.5) is 4.79 Å². The number of ether oxygens (including phenoxy) is 1. The van der Waals surface area contributed by atoms with E-state index < -0.39 is 23.8 Å². The molecule has 0 aromatic heterocycles. The van der Waals surface area contributed by atoms with E-state index in [1.165, 1.54) is 0 Å². The van der Waals surface area contributed by atoms with Crippen molar-refractivity contribution < 1.29 is 19.1 Å². The summed E-state index contributed by atoms with van der Waals surface area (Å²) in [6.45, 7) is 6.96. The van der Waals surface area contributed by atoms with E-state index in [1.807, 2.05) is 51.1 Å². The van der Waals surface area contributed by atoms with Gasteiger partial charge in [0.15, 0.2) is 0 Å². The second kappa shape index (κ2) is 11.7. The predicted molar refractivity (Wildman–Crippen MR) is 119 cm³/mol. The number of benzene rings is 1. The van der Waals surface area contributed by atoms with Gasteiger partial charge in [-0.15, -0.1) is 0 Å². The summed E-state index contributed by atoms with van der Waals surface area (Å²) in [6, 6.07) is 8.52. The van der Waals surface area contributed by atoms with Crippen molar-refractivity contribution >= 4 is 17.9 Å². The number of carbonyl (C=O) groups is 3. The molecule has 1 aliphatic rings. The molecule has 8 nitrogen and oxygen atoms in total. The predicted octanol–water partition coefficient (Wildman–Crippen LogP) is 1.97. The Morgan fingerprint density at radius 2 is 1.77 bits per heavy atom. The van der Waals surface area contributed by atoms with Gasteiger partial charge in [0.05, 0.1) is 6.04 Å². The van der Waals surface area contributed by atoms with Crippen LogP contribution in [-0.4, -0.2) is 60.1 Å². The molecule has 0 bridgehead atoms. The largest absolute Gasteiger partial charge is 0.444 e. The number of unbranched alkanes of at least 4 members (excludes halogenated alkanes) is 1. The van der Waals surface area contributed by atoms with E-state index in [0.717, 1.165) is 24.8 Å². The zero-order valence-corrected chi connectivity index (χ0v) is 18.9. The molecule has 4 N–H and O–H groups in total. The highest BCUT2D eigenvalue weighted by atomic mass is 16.6. The van der Waals surface area contributed by atoms with Gasteiger partial charge in [0.2, 0.25) is 11.8 Å². The van der Waals surface area contributed by atoms with Gasteiger partial charge in [-0.1, -0.05) is 30.3 Å². The molecule has 1 aromatic rings. The third kappa shape index (κ3) is 8.57. The second-order valence-electron chi connectivity index (χ2n) is 8.91. The van der Waals surface area contributed by atoms with Crippen molar-refractivity contribution in [2.45, 2.75) is 70.6 Å². The summed E-state index contributed by atoms with van der Waals surface area (Å²) < 4.78 is 5.17. The Bertz CT molecular complexity index is 733. The molecule has 0 aliphatic carbocycles. The number of nitrogens with one attached hydrogen (secondary N) is 2. The first-order valence-corrected chi connectivity index (χ1v) is 11.0. The number of amides is 3. The molecule has 0 unspecified atom stereocenters. The first-order chi connectivity index (χ1) is 14.7. The molecule has 1 fully saturated rings. The number of nitrogens with two attached hydrogens (primary N) is 1. The maximum absolute atomic E-state index is 12.8. The molecule has 2 atom stereocenters. The zero-order chi connectivity index (χ0) is 22.9. The van der Waals surface area contributed by atoms with Crippen LogP contribution in [0.3, 0.4) is 0 Å². The first-order valence-electron chi connectivity index (χ1n) is 11.0. The number of rotatable bonds is 9. The van der Waals surface area contributed by atoms with Crippen molar-refractivity contribution in [1.29, 1.82) is 0 Å².